The summed E-state index contributed by atoms with van der Waals surface area (Å²) in [6.45, 7) is 1.16. The Hall–Kier alpha value is -2.92. The Morgan fingerprint density at radius 2 is 2.00 bits per heavy atom. The van der Waals surface area contributed by atoms with Crippen LogP contribution in [-0.4, -0.2) is 22.3 Å². The lowest BCUT2D eigenvalue weighted by molar-refractivity contribution is 0.103. The van der Waals surface area contributed by atoms with Crippen LogP contribution < -0.4 is 5.06 Å². The lowest BCUT2D eigenvalue weighted by Crippen LogP contribution is -2.27. The molecule has 5 nitrogen and oxygen atoms in total. The van der Waals surface area contributed by atoms with E-state index in [1.165, 1.54) is 0 Å². The molecule has 3 aromatic rings. The van der Waals surface area contributed by atoms with Crippen LogP contribution in [0.3, 0.4) is 0 Å². The summed E-state index contributed by atoms with van der Waals surface area (Å²) >= 11 is 0. The first-order valence-corrected chi connectivity index (χ1v) is 7.49. The second kappa shape index (κ2) is 6.06. The highest BCUT2D eigenvalue weighted by Gasteiger charge is 2.16. The highest BCUT2D eigenvalue weighted by atomic mass is 16.7. The topological polar surface area (TPSA) is 42.7 Å². The molecule has 4 rings (SSSR count). The molecule has 0 spiro atoms. The number of fused-ring (bicyclic) bond motifs is 1. The molecule has 0 N–H and O–H groups in total. The fourth-order valence-electron chi connectivity index (χ4n) is 2.55. The van der Waals surface area contributed by atoms with E-state index in [0.717, 1.165) is 22.6 Å². The number of hydroxylamine groups is 1. The summed E-state index contributed by atoms with van der Waals surface area (Å²) in [5, 5.41) is 1.88. The Labute approximate surface area is 134 Å². The first-order valence-electron chi connectivity index (χ1n) is 7.49. The molecule has 114 valence electrons. The quantitative estimate of drug-likeness (QED) is 0.740. The van der Waals surface area contributed by atoms with Gasteiger partial charge in [0.1, 0.15) is 0 Å². The second-order valence-corrected chi connectivity index (χ2v) is 5.27. The van der Waals surface area contributed by atoms with Crippen molar-refractivity contribution < 1.29 is 4.84 Å². The maximum absolute atomic E-state index is 5.99. The van der Waals surface area contributed by atoms with Gasteiger partial charge in [-0.15, -0.1) is 0 Å². The van der Waals surface area contributed by atoms with Gasteiger partial charge in [-0.3, -0.25) is 9.83 Å². The fourth-order valence-corrected chi connectivity index (χ4v) is 2.55. The van der Waals surface area contributed by atoms with Gasteiger partial charge in [0.2, 0.25) is 0 Å². The average molecular weight is 304 g/mol. The Kier molecular flexibility index (Phi) is 3.62. The van der Waals surface area contributed by atoms with Crippen LogP contribution in [0.4, 0.5) is 11.4 Å². The molecule has 0 saturated carbocycles. The zero-order valence-electron chi connectivity index (χ0n) is 12.5. The molecule has 5 heteroatoms. The maximum Gasteiger partial charge on any atom is 0.0999 e. The fraction of sp³-hybridized carbons (Fsp3) is 0.111. The molecular formula is C18H16N4O. The van der Waals surface area contributed by atoms with Crippen LogP contribution in [0, 0.1) is 0 Å². The van der Waals surface area contributed by atoms with Crippen molar-refractivity contribution in [2.75, 3.05) is 11.6 Å². The van der Waals surface area contributed by atoms with Gasteiger partial charge in [-0.2, -0.15) is 0 Å². The van der Waals surface area contributed by atoms with Gasteiger partial charge in [-0.25, -0.2) is 10.0 Å². The summed E-state index contributed by atoms with van der Waals surface area (Å²) in [6.07, 6.45) is 7.33. The van der Waals surface area contributed by atoms with Gasteiger partial charge < -0.3 is 4.57 Å². The van der Waals surface area contributed by atoms with E-state index in [1.54, 1.807) is 12.5 Å². The van der Waals surface area contributed by atoms with Gasteiger partial charge in [0.05, 0.1) is 30.9 Å². The molecule has 0 unspecified atom stereocenters. The minimum atomic E-state index is 0.531. The minimum Gasteiger partial charge on any atom is -0.306 e. The van der Waals surface area contributed by atoms with Crippen molar-refractivity contribution in [1.82, 2.24) is 9.55 Å². The van der Waals surface area contributed by atoms with E-state index in [4.69, 9.17) is 4.84 Å². The molecule has 1 aromatic heterocycles. The summed E-state index contributed by atoms with van der Waals surface area (Å²) in [6, 6.07) is 16.2. The number of rotatable bonds is 4. The van der Waals surface area contributed by atoms with E-state index < -0.39 is 0 Å². The van der Waals surface area contributed by atoms with Crippen LogP contribution in [-0.2, 0) is 11.4 Å². The lowest BCUT2D eigenvalue weighted by atomic mass is 10.2. The highest BCUT2D eigenvalue weighted by molar-refractivity contribution is 5.81. The third-order valence-electron chi connectivity index (χ3n) is 3.74. The van der Waals surface area contributed by atoms with E-state index >= 15 is 0 Å². The first-order chi connectivity index (χ1) is 11.4. The Morgan fingerprint density at radius 3 is 2.83 bits per heavy atom. The molecule has 1 aliphatic heterocycles. The van der Waals surface area contributed by atoms with Crippen LogP contribution in [0.1, 0.15) is 5.56 Å². The second-order valence-electron chi connectivity index (χ2n) is 5.27. The van der Waals surface area contributed by atoms with Crippen molar-refractivity contribution in [3.63, 3.8) is 0 Å². The number of nitrogens with zero attached hydrogens (tertiary/aromatic N) is 4. The smallest absolute Gasteiger partial charge is 0.0999 e. The lowest BCUT2D eigenvalue weighted by Gasteiger charge is -2.27. The molecule has 1 aliphatic rings. The maximum atomic E-state index is 5.99. The zero-order valence-corrected chi connectivity index (χ0v) is 12.5. The highest BCUT2D eigenvalue weighted by Crippen LogP contribution is 2.33. The van der Waals surface area contributed by atoms with Crippen LogP contribution in [0.25, 0.3) is 5.69 Å². The van der Waals surface area contributed by atoms with E-state index in [-0.39, 0.29) is 0 Å². The molecule has 2 aromatic carbocycles. The first kappa shape index (κ1) is 13.7. The van der Waals surface area contributed by atoms with Crippen LogP contribution in [0.5, 0.6) is 0 Å². The zero-order chi connectivity index (χ0) is 15.5. The molecule has 0 aliphatic carbocycles. The van der Waals surface area contributed by atoms with Crippen molar-refractivity contribution in [2.24, 2.45) is 4.99 Å². The van der Waals surface area contributed by atoms with Crippen molar-refractivity contribution in [3.8, 4) is 5.69 Å². The number of hydrogen-bond acceptors (Lipinski definition) is 4. The van der Waals surface area contributed by atoms with Gasteiger partial charge in [0.25, 0.3) is 0 Å². The average Bonchev–Trinajstić information content (AvgIpc) is 3.15. The number of aliphatic imine (C=N–C) groups is 1. The summed E-state index contributed by atoms with van der Waals surface area (Å²) < 4.78 is 1.97. The molecule has 0 amide bonds. The largest absolute Gasteiger partial charge is 0.306 e. The predicted octanol–water partition coefficient (Wildman–Crippen LogP) is 3.53. The Balaban J connectivity index is 1.59. The number of anilines is 1. The van der Waals surface area contributed by atoms with E-state index in [2.05, 4.69) is 28.2 Å². The van der Waals surface area contributed by atoms with Gasteiger partial charge in [0, 0.05) is 24.3 Å². The van der Waals surface area contributed by atoms with E-state index in [0.29, 0.717) is 13.2 Å². The number of hydrogen-bond donors (Lipinski definition) is 0. The molecule has 23 heavy (non-hydrogen) atoms. The normalized spacial score (nSPS) is 13.1. The molecule has 0 atom stereocenters. The third-order valence-corrected chi connectivity index (χ3v) is 3.74. The van der Waals surface area contributed by atoms with Crippen molar-refractivity contribution in [3.05, 3.63) is 72.8 Å². The standard InChI is InChI=1S/C18H16N4O/c1-2-4-15(5-3-1)13-23-22-11-9-20-17-7-6-16(12-18(17)22)21-10-8-19-14-21/h1-10,12,14H,11,13H2. The van der Waals surface area contributed by atoms with Gasteiger partial charge in [0.15, 0.2) is 0 Å². The Bertz CT molecular complexity index is 812. The predicted molar refractivity (Wildman–Crippen MR) is 90.3 cm³/mol. The third kappa shape index (κ3) is 2.86. The number of aromatic nitrogens is 2. The van der Waals surface area contributed by atoms with Gasteiger partial charge in [-0.05, 0) is 23.8 Å². The number of imidazole rings is 1. The van der Waals surface area contributed by atoms with E-state index in [9.17, 15) is 0 Å². The monoisotopic (exact) mass is 304 g/mol. The van der Waals surface area contributed by atoms with Gasteiger partial charge >= 0.3 is 0 Å². The van der Waals surface area contributed by atoms with Crippen molar-refractivity contribution in [1.29, 1.82) is 0 Å². The molecule has 0 saturated heterocycles. The summed E-state index contributed by atoms with van der Waals surface area (Å²) in [5.74, 6) is 0. The summed E-state index contributed by atoms with van der Waals surface area (Å²) in [5.41, 5.74) is 4.05. The summed E-state index contributed by atoms with van der Waals surface area (Å²) in [7, 11) is 0. The summed E-state index contributed by atoms with van der Waals surface area (Å²) in [4.78, 5) is 14.5. The van der Waals surface area contributed by atoms with E-state index in [1.807, 2.05) is 52.4 Å². The molecule has 0 fully saturated rings. The van der Waals surface area contributed by atoms with Crippen LogP contribution in [0.2, 0.25) is 0 Å². The van der Waals surface area contributed by atoms with Crippen LogP contribution >= 0.6 is 0 Å². The SMILES string of the molecule is C1=Nc2ccc(-n3ccnc3)cc2N(OCc2ccccc2)C1. The minimum absolute atomic E-state index is 0.531. The van der Waals surface area contributed by atoms with Gasteiger partial charge in [-0.1, -0.05) is 30.3 Å². The van der Waals surface area contributed by atoms with Crippen molar-refractivity contribution >= 4 is 17.6 Å². The molecule has 2 heterocycles. The number of benzene rings is 2. The van der Waals surface area contributed by atoms with Crippen LogP contribution in [0.15, 0.2) is 72.2 Å². The molecule has 0 radical (unpaired) electrons. The molecular weight excluding hydrogens is 288 g/mol. The Morgan fingerprint density at radius 1 is 1.09 bits per heavy atom. The molecule has 0 bridgehead atoms. The van der Waals surface area contributed by atoms with Crippen molar-refractivity contribution in [2.45, 2.75) is 6.61 Å².